The third-order valence-corrected chi connectivity index (χ3v) is 7.54. The van der Waals surface area contributed by atoms with Crippen molar-refractivity contribution in [2.24, 2.45) is 11.8 Å². The van der Waals surface area contributed by atoms with Crippen molar-refractivity contribution in [1.82, 2.24) is 0 Å². The van der Waals surface area contributed by atoms with E-state index in [2.05, 4.69) is 13.8 Å². The van der Waals surface area contributed by atoms with Gasteiger partial charge in [-0.2, -0.15) is 0 Å². The van der Waals surface area contributed by atoms with Gasteiger partial charge in [-0.05, 0) is 41.3 Å². The van der Waals surface area contributed by atoms with Crippen LogP contribution in [0.25, 0.3) is 0 Å². The van der Waals surface area contributed by atoms with Crippen molar-refractivity contribution >= 4 is 29.1 Å². The zero-order chi connectivity index (χ0) is 25.4. The molecule has 6 nitrogen and oxygen atoms in total. The number of ether oxygens (including phenoxy) is 1. The Morgan fingerprint density at radius 2 is 1.39 bits per heavy atom. The molecule has 2 saturated heterocycles. The molecule has 0 N–H and O–H groups in total. The summed E-state index contributed by atoms with van der Waals surface area (Å²) in [7, 11) is 0. The van der Waals surface area contributed by atoms with E-state index in [-0.39, 0.29) is 22.7 Å². The second-order valence-electron chi connectivity index (χ2n) is 9.79. The largest absolute Gasteiger partial charge is 0.349 e. The number of ketones is 2. The second-order valence-corrected chi connectivity index (χ2v) is 9.79. The van der Waals surface area contributed by atoms with Crippen LogP contribution in [0.1, 0.15) is 57.7 Å². The molecule has 0 saturated carbocycles. The average molecular weight is 483 g/mol. The van der Waals surface area contributed by atoms with Gasteiger partial charge in [0.15, 0.2) is 0 Å². The summed E-state index contributed by atoms with van der Waals surface area (Å²) in [5, 5.41) is 0. The molecular formula is C29H22FNO5. The highest BCUT2D eigenvalue weighted by Crippen LogP contribution is 2.57. The van der Waals surface area contributed by atoms with Crippen LogP contribution < -0.4 is 4.90 Å². The molecule has 1 spiro atoms. The van der Waals surface area contributed by atoms with E-state index in [0.29, 0.717) is 5.56 Å². The number of amides is 2. The number of nitrogens with zero attached hydrogens (tertiary/aromatic N) is 1. The summed E-state index contributed by atoms with van der Waals surface area (Å²) in [6.45, 7) is 4.11. The number of rotatable bonds is 3. The maximum Gasteiger partial charge on any atom is 0.241 e. The maximum atomic E-state index is 13.8. The smallest absolute Gasteiger partial charge is 0.241 e. The number of halogens is 1. The quantitative estimate of drug-likeness (QED) is 0.400. The van der Waals surface area contributed by atoms with E-state index in [9.17, 15) is 23.6 Å². The molecule has 3 aromatic rings. The van der Waals surface area contributed by atoms with E-state index in [1.165, 1.54) is 24.3 Å². The number of benzene rings is 3. The first-order valence-electron chi connectivity index (χ1n) is 11.9. The first-order valence-corrected chi connectivity index (χ1v) is 11.9. The summed E-state index contributed by atoms with van der Waals surface area (Å²) in [5.41, 5.74) is 0.0857. The predicted molar refractivity (Wildman–Crippen MR) is 128 cm³/mol. The van der Waals surface area contributed by atoms with Gasteiger partial charge in [-0.15, -0.1) is 0 Å². The maximum absolute atomic E-state index is 13.8. The minimum absolute atomic E-state index is 0.178. The van der Waals surface area contributed by atoms with Crippen LogP contribution in [-0.4, -0.2) is 29.0 Å². The van der Waals surface area contributed by atoms with Crippen LogP contribution in [0.2, 0.25) is 0 Å². The molecule has 6 rings (SSSR count). The minimum Gasteiger partial charge on any atom is -0.349 e. The lowest BCUT2D eigenvalue weighted by molar-refractivity contribution is -0.127. The topological polar surface area (TPSA) is 80.8 Å². The zero-order valence-corrected chi connectivity index (χ0v) is 19.6. The molecule has 7 heteroatoms. The van der Waals surface area contributed by atoms with Crippen molar-refractivity contribution in [2.75, 3.05) is 4.90 Å². The molecule has 0 bridgehead atoms. The molecule has 0 radical (unpaired) electrons. The van der Waals surface area contributed by atoms with Crippen LogP contribution in [-0.2, 0) is 14.3 Å². The lowest BCUT2D eigenvalue weighted by Gasteiger charge is -2.27. The third-order valence-electron chi connectivity index (χ3n) is 7.54. The van der Waals surface area contributed by atoms with Gasteiger partial charge in [0.05, 0.1) is 23.6 Å². The SMILES string of the molecule is CC(C)c1ccc([C@H]2OC3(C(=O)c4ccccc4C3=O)[C@@H]3C(=O)N(c4ccc(F)cc4)C(=O)[C@@H]23)cc1. The van der Waals surface area contributed by atoms with Crippen molar-refractivity contribution < 1.29 is 28.3 Å². The Balaban J connectivity index is 1.52. The molecule has 3 atom stereocenters. The molecule has 0 aromatic heterocycles. The summed E-state index contributed by atoms with van der Waals surface area (Å²) in [5.74, 6) is -5.17. The lowest BCUT2D eigenvalue weighted by Crippen LogP contribution is -2.51. The standard InChI is InChI=1S/C29H22FNO5/c1-15(2)16-7-9-17(10-8-16)24-22-23(28(35)31(27(22)34)19-13-11-18(30)12-14-19)29(36-24)25(32)20-5-3-4-6-21(20)26(29)33/h3-15,22-24H,1-2H3/t22-,23+,24-/m1/s1. The molecule has 2 heterocycles. The Morgan fingerprint density at radius 3 is 1.94 bits per heavy atom. The van der Waals surface area contributed by atoms with Gasteiger partial charge in [0.25, 0.3) is 0 Å². The summed E-state index contributed by atoms with van der Waals surface area (Å²) in [6.07, 6.45) is -0.986. The van der Waals surface area contributed by atoms with Gasteiger partial charge >= 0.3 is 0 Å². The Bertz CT molecular complexity index is 1410. The van der Waals surface area contributed by atoms with Crippen molar-refractivity contribution in [3.05, 3.63) is 101 Å². The van der Waals surface area contributed by atoms with Crippen molar-refractivity contribution in [3.63, 3.8) is 0 Å². The highest BCUT2D eigenvalue weighted by Gasteiger charge is 2.74. The Morgan fingerprint density at radius 1 is 0.806 bits per heavy atom. The highest BCUT2D eigenvalue weighted by atomic mass is 19.1. The van der Waals surface area contributed by atoms with Crippen LogP contribution >= 0.6 is 0 Å². The molecular weight excluding hydrogens is 461 g/mol. The molecule has 1 aliphatic carbocycles. The first kappa shape index (κ1) is 22.5. The zero-order valence-electron chi connectivity index (χ0n) is 19.6. The summed E-state index contributed by atoms with van der Waals surface area (Å²) in [4.78, 5) is 56.1. The summed E-state index contributed by atoms with van der Waals surface area (Å²) in [6, 6.07) is 18.8. The number of fused-ring (bicyclic) bond motifs is 3. The number of Topliss-reactive ketones (excluding diaryl/α,β-unsaturated/α-hetero) is 2. The number of carbonyl (C=O) groups is 4. The predicted octanol–water partition coefficient (Wildman–Crippen LogP) is 4.64. The van der Waals surface area contributed by atoms with Gasteiger partial charge in [-0.3, -0.25) is 19.2 Å². The van der Waals surface area contributed by atoms with Gasteiger partial charge < -0.3 is 4.74 Å². The first-order chi connectivity index (χ1) is 17.3. The van der Waals surface area contributed by atoms with E-state index in [0.717, 1.165) is 22.6 Å². The monoisotopic (exact) mass is 483 g/mol. The number of anilines is 1. The van der Waals surface area contributed by atoms with Crippen LogP contribution in [0.5, 0.6) is 0 Å². The van der Waals surface area contributed by atoms with Gasteiger partial charge in [0.2, 0.25) is 29.0 Å². The van der Waals surface area contributed by atoms with Crippen LogP contribution in [0.15, 0.2) is 72.8 Å². The minimum atomic E-state index is -2.13. The van der Waals surface area contributed by atoms with E-state index in [4.69, 9.17) is 4.74 Å². The fourth-order valence-electron chi connectivity index (χ4n) is 5.73. The molecule has 0 unspecified atom stereocenters. The van der Waals surface area contributed by atoms with Crippen molar-refractivity contribution in [3.8, 4) is 0 Å². The molecule has 3 aliphatic rings. The number of hydrogen-bond acceptors (Lipinski definition) is 5. The molecule has 2 fully saturated rings. The van der Waals surface area contributed by atoms with Gasteiger partial charge in [0, 0.05) is 11.1 Å². The van der Waals surface area contributed by atoms with Crippen molar-refractivity contribution in [1.29, 1.82) is 0 Å². The third kappa shape index (κ3) is 2.86. The molecule has 180 valence electrons. The molecule has 36 heavy (non-hydrogen) atoms. The van der Waals surface area contributed by atoms with E-state index < -0.39 is 52.7 Å². The normalized spacial score (nSPS) is 24.2. The van der Waals surface area contributed by atoms with E-state index >= 15 is 0 Å². The van der Waals surface area contributed by atoms with Gasteiger partial charge in [-0.1, -0.05) is 62.4 Å². The summed E-state index contributed by atoms with van der Waals surface area (Å²) < 4.78 is 19.9. The average Bonchev–Trinajstić information content (AvgIpc) is 3.45. The lowest BCUT2D eigenvalue weighted by atomic mass is 9.77. The summed E-state index contributed by atoms with van der Waals surface area (Å²) >= 11 is 0. The van der Waals surface area contributed by atoms with Crippen LogP contribution in [0, 0.1) is 17.7 Å². The highest BCUT2D eigenvalue weighted by molar-refractivity contribution is 6.37. The molecule has 2 amide bonds. The fraction of sp³-hybridized carbons (Fsp3) is 0.241. The van der Waals surface area contributed by atoms with Crippen molar-refractivity contribution in [2.45, 2.75) is 31.5 Å². The fourth-order valence-corrected chi connectivity index (χ4v) is 5.73. The Hall–Kier alpha value is -3.97. The Labute approximate surface area is 206 Å². The second kappa shape index (κ2) is 7.77. The van der Waals surface area contributed by atoms with Crippen LogP contribution in [0.4, 0.5) is 10.1 Å². The van der Waals surface area contributed by atoms with Gasteiger partial charge in [-0.25, -0.2) is 9.29 Å². The van der Waals surface area contributed by atoms with E-state index in [1.54, 1.807) is 12.1 Å². The number of imide groups is 1. The molecule has 3 aromatic carbocycles. The Kier molecular flexibility index (Phi) is 4.85. The van der Waals surface area contributed by atoms with Gasteiger partial charge in [0.1, 0.15) is 5.82 Å². The number of carbonyl (C=O) groups excluding carboxylic acids is 4. The molecule has 2 aliphatic heterocycles. The van der Waals surface area contributed by atoms with E-state index in [1.807, 2.05) is 24.3 Å². The number of hydrogen-bond donors (Lipinski definition) is 0. The van der Waals surface area contributed by atoms with Crippen LogP contribution in [0.3, 0.4) is 0 Å².